The number of para-hydroxylation sites is 1. The zero-order valence-electron chi connectivity index (χ0n) is 10.4. The monoisotopic (exact) mass is 260 g/mol. The number of rotatable bonds is 6. The minimum atomic E-state index is -0.214. The number of anilines is 2. The maximum atomic E-state index is 11.5. The van der Waals surface area contributed by atoms with E-state index in [0.29, 0.717) is 24.7 Å². The van der Waals surface area contributed by atoms with E-state index >= 15 is 0 Å². The smallest absolute Gasteiger partial charge is 0.252 e. The zero-order chi connectivity index (χ0) is 13.5. The van der Waals surface area contributed by atoms with Crippen molar-refractivity contribution in [1.82, 2.24) is 15.3 Å². The van der Waals surface area contributed by atoms with Gasteiger partial charge in [-0.15, -0.1) is 0 Å². The van der Waals surface area contributed by atoms with Crippen molar-refractivity contribution >= 4 is 11.6 Å². The van der Waals surface area contributed by atoms with Crippen LogP contribution in [0.2, 0.25) is 0 Å². The highest BCUT2D eigenvalue weighted by molar-refractivity contribution is 5.52. The normalized spacial score (nSPS) is 10.4. The molecule has 6 heteroatoms. The Hall–Kier alpha value is -2.18. The Morgan fingerprint density at radius 3 is 2.79 bits per heavy atom. The number of H-pyrrole nitrogens is 1. The van der Waals surface area contributed by atoms with Crippen LogP contribution in [0.4, 0.5) is 11.6 Å². The summed E-state index contributed by atoms with van der Waals surface area (Å²) in [4.78, 5) is 18.4. The number of nitrogens with zero attached hydrogens (tertiary/aromatic N) is 1. The Balaban J connectivity index is 2.10. The third-order valence-electron chi connectivity index (χ3n) is 2.43. The van der Waals surface area contributed by atoms with Crippen LogP contribution >= 0.6 is 0 Å². The minimum absolute atomic E-state index is 0.0539. The van der Waals surface area contributed by atoms with Crippen LogP contribution < -0.4 is 16.2 Å². The van der Waals surface area contributed by atoms with E-state index in [1.165, 1.54) is 6.07 Å². The molecule has 0 aliphatic heterocycles. The van der Waals surface area contributed by atoms with E-state index in [9.17, 15) is 4.79 Å². The van der Waals surface area contributed by atoms with Gasteiger partial charge in [-0.05, 0) is 12.1 Å². The quantitative estimate of drug-likeness (QED) is 0.571. The lowest BCUT2D eigenvalue weighted by Gasteiger charge is -2.07. The fourth-order valence-corrected chi connectivity index (χ4v) is 1.61. The Morgan fingerprint density at radius 1 is 1.26 bits per heavy atom. The predicted octanol–water partition coefficient (Wildman–Crippen LogP) is 0.595. The van der Waals surface area contributed by atoms with Crippen molar-refractivity contribution in [3.8, 4) is 0 Å². The second kappa shape index (κ2) is 6.67. The number of benzene rings is 1. The third-order valence-corrected chi connectivity index (χ3v) is 2.43. The number of aliphatic hydroxyl groups excluding tert-OH is 1. The summed E-state index contributed by atoms with van der Waals surface area (Å²) in [5, 5.41) is 14.7. The fourth-order valence-electron chi connectivity index (χ4n) is 1.61. The molecule has 0 fully saturated rings. The van der Waals surface area contributed by atoms with Gasteiger partial charge in [-0.2, -0.15) is 0 Å². The van der Waals surface area contributed by atoms with Gasteiger partial charge in [0.1, 0.15) is 0 Å². The first-order valence-electron chi connectivity index (χ1n) is 6.02. The molecule has 0 saturated carbocycles. The van der Waals surface area contributed by atoms with Crippen LogP contribution in [0, 0.1) is 0 Å². The highest BCUT2D eigenvalue weighted by Crippen LogP contribution is 2.10. The van der Waals surface area contributed by atoms with Crippen LogP contribution in [0.5, 0.6) is 0 Å². The van der Waals surface area contributed by atoms with Crippen molar-refractivity contribution in [2.75, 3.05) is 18.5 Å². The van der Waals surface area contributed by atoms with Crippen LogP contribution in [0.15, 0.2) is 41.2 Å². The van der Waals surface area contributed by atoms with Gasteiger partial charge in [0, 0.05) is 24.8 Å². The highest BCUT2D eigenvalue weighted by Gasteiger charge is 2.01. The maximum Gasteiger partial charge on any atom is 0.252 e. The van der Waals surface area contributed by atoms with Gasteiger partial charge in [-0.25, -0.2) is 4.98 Å². The van der Waals surface area contributed by atoms with E-state index in [0.717, 1.165) is 5.69 Å². The number of aromatic nitrogens is 2. The van der Waals surface area contributed by atoms with Gasteiger partial charge in [0.15, 0.2) is 0 Å². The van der Waals surface area contributed by atoms with Crippen molar-refractivity contribution in [3.63, 3.8) is 0 Å². The first-order valence-corrected chi connectivity index (χ1v) is 6.02. The van der Waals surface area contributed by atoms with Crippen molar-refractivity contribution in [3.05, 3.63) is 52.4 Å². The average Bonchev–Trinajstić information content (AvgIpc) is 2.39. The van der Waals surface area contributed by atoms with Crippen molar-refractivity contribution in [2.45, 2.75) is 6.54 Å². The molecule has 19 heavy (non-hydrogen) atoms. The first kappa shape index (κ1) is 13.3. The largest absolute Gasteiger partial charge is 0.395 e. The molecule has 6 nitrogen and oxygen atoms in total. The van der Waals surface area contributed by atoms with Gasteiger partial charge in [0.25, 0.3) is 5.56 Å². The highest BCUT2D eigenvalue weighted by atomic mass is 16.3. The molecule has 0 spiro atoms. The lowest BCUT2D eigenvalue weighted by Crippen LogP contribution is -2.21. The molecule has 4 N–H and O–H groups in total. The first-order chi connectivity index (χ1) is 9.28. The van der Waals surface area contributed by atoms with Gasteiger partial charge in [-0.3, -0.25) is 9.78 Å². The van der Waals surface area contributed by atoms with Crippen molar-refractivity contribution in [1.29, 1.82) is 0 Å². The molecule has 0 bridgehead atoms. The minimum Gasteiger partial charge on any atom is -0.395 e. The summed E-state index contributed by atoms with van der Waals surface area (Å²) in [6, 6.07) is 10.9. The lowest BCUT2D eigenvalue weighted by molar-refractivity contribution is 0.291. The molecular weight excluding hydrogens is 244 g/mol. The third kappa shape index (κ3) is 4.20. The molecule has 0 atom stereocenters. The molecule has 0 saturated heterocycles. The predicted molar refractivity (Wildman–Crippen MR) is 73.4 cm³/mol. The topological polar surface area (TPSA) is 90.0 Å². The number of nitrogens with one attached hydrogen (secondary N) is 3. The van der Waals surface area contributed by atoms with Crippen LogP contribution in [-0.4, -0.2) is 28.2 Å². The summed E-state index contributed by atoms with van der Waals surface area (Å²) in [5.41, 5.74) is 1.26. The van der Waals surface area contributed by atoms with E-state index in [1.54, 1.807) is 0 Å². The lowest BCUT2D eigenvalue weighted by atomic mass is 10.3. The molecule has 0 radical (unpaired) electrons. The van der Waals surface area contributed by atoms with Gasteiger partial charge in [0.05, 0.1) is 12.3 Å². The van der Waals surface area contributed by atoms with Crippen LogP contribution in [0.1, 0.15) is 5.69 Å². The summed E-state index contributed by atoms with van der Waals surface area (Å²) in [5.74, 6) is 0.402. The van der Waals surface area contributed by atoms with Crippen molar-refractivity contribution in [2.24, 2.45) is 0 Å². The number of hydrogen-bond acceptors (Lipinski definition) is 5. The van der Waals surface area contributed by atoms with E-state index in [1.807, 2.05) is 30.3 Å². The standard InChI is InChI=1S/C13H16N4O2/c18-7-6-14-9-11-8-12(19)17-13(16-11)15-10-4-2-1-3-5-10/h1-5,8,14,18H,6-7,9H2,(H2,15,16,17,19). The average molecular weight is 260 g/mol. The summed E-state index contributed by atoms with van der Waals surface area (Å²) in [6.07, 6.45) is 0. The fraction of sp³-hybridized carbons (Fsp3) is 0.231. The SMILES string of the molecule is O=c1cc(CNCCO)nc(Nc2ccccc2)[nH]1. The molecule has 1 aromatic heterocycles. The van der Waals surface area contributed by atoms with E-state index in [4.69, 9.17) is 5.11 Å². The van der Waals surface area contributed by atoms with E-state index in [2.05, 4.69) is 20.6 Å². The van der Waals surface area contributed by atoms with Crippen molar-refractivity contribution < 1.29 is 5.11 Å². The molecule has 0 aliphatic rings. The van der Waals surface area contributed by atoms with E-state index in [-0.39, 0.29) is 12.2 Å². The second-order valence-electron chi connectivity index (χ2n) is 3.98. The molecule has 0 amide bonds. The summed E-state index contributed by atoms with van der Waals surface area (Å²) in [7, 11) is 0. The molecule has 1 aromatic carbocycles. The van der Waals surface area contributed by atoms with Gasteiger partial charge in [-0.1, -0.05) is 18.2 Å². The molecular formula is C13H16N4O2. The molecule has 0 aliphatic carbocycles. The van der Waals surface area contributed by atoms with Crippen LogP contribution in [0.3, 0.4) is 0 Å². The second-order valence-corrected chi connectivity index (χ2v) is 3.98. The maximum absolute atomic E-state index is 11.5. The Bertz CT molecular complexity index is 568. The zero-order valence-corrected chi connectivity index (χ0v) is 10.4. The number of aromatic amines is 1. The van der Waals surface area contributed by atoms with E-state index < -0.39 is 0 Å². The Kier molecular flexibility index (Phi) is 4.66. The number of hydrogen-bond donors (Lipinski definition) is 4. The summed E-state index contributed by atoms with van der Waals surface area (Å²) in [6.45, 7) is 0.961. The molecule has 0 unspecified atom stereocenters. The van der Waals surface area contributed by atoms with Gasteiger partial charge >= 0.3 is 0 Å². The molecule has 1 heterocycles. The molecule has 100 valence electrons. The summed E-state index contributed by atoms with van der Waals surface area (Å²) >= 11 is 0. The number of aliphatic hydroxyl groups is 1. The van der Waals surface area contributed by atoms with Gasteiger partial charge in [0.2, 0.25) is 5.95 Å². The summed E-state index contributed by atoms with van der Waals surface area (Å²) < 4.78 is 0. The van der Waals surface area contributed by atoms with Gasteiger partial charge < -0.3 is 15.7 Å². The van der Waals surface area contributed by atoms with Crippen LogP contribution in [-0.2, 0) is 6.54 Å². The molecule has 2 rings (SSSR count). The Morgan fingerprint density at radius 2 is 2.05 bits per heavy atom. The van der Waals surface area contributed by atoms with Crippen LogP contribution in [0.25, 0.3) is 0 Å². The Labute approximate surface area is 110 Å². The molecule has 2 aromatic rings.